The van der Waals surface area contributed by atoms with Gasteiger partial charge in [0.2, 0.25) is 0 Å². The third-order valence-electron chi connectivity index (χ3n) is 2.10. The summed E-state index contributed by atoms with van der Waals surface area (Å²) >= 11 is 0. The second-order valence-electron chi connectivity index (χ2n) is 2.94. The Labute approximate surface area is 75.2 Å². The van der Waals surface area contributed by atoms with Crippen molar-refractivity contribution < 1.29 is 10.2 Å². The van der Waals surface area contributed by atoms with E-state index in [-0.39, 0.29) is 0 Å². The monoisotopic (exact) mass is 181 g/mol. The van der Waals surface area contributed by atoms with Gasteiger partial charge < -0.3 is 15.9 Å². The van der Waals surface area contributed by atoms with E-state index in [0.29, 0.717) is 16.8 Å². The van der Waals surface area contributed by atoms with Gasteiger partial charge in [-0.25, -0.2) is 10.9 Å². The highest BCUT2D eigenvalue weighted by Crippen LogP contribution is 2.29. The molecule has 1 aliphatic heterocycles. The van der Waals surface area contributed by atoms with Crippen molar-refractivity contribution in [3.05, 3.63) is 29.3 Å². The summed E-state index contributed by atoms with van der Waals surface area (Å²) in [6.45, 7) is 0. The van der Waals surface area contributed by atoms with Gasteiger partial charge in [-0.3, -0.25) is 0 Å². The van der Waals surface area contributed by atoms with E-state index in [1.165, 1.54) is 0 Å². The average molecular weight is 181 g/mol. The molecular formula is C8H11N3O2. The molecule has 1 aromatic carbocycles. The number of aliphatic hydroxyl groups is 2. The van der Waals surface area contributed by atoms with E-state index in [0.717, 1.165) is 0 Å². The fraction of sp³-hybridized carbons (Fsp3) is 0.250. The van der Waals surface area contributed by atoms with Crippen LogP contribution in [0.5, 0.6) is 0 Å². The van der Waals surface area contributed by atoms with Gasteiger partial charge in [0.05, 0.1) is 0 Å². The molecule has 1 heterocycles. The smallest absolute Gasteiger partial charge is 0.145 e. The number of nitrogens with two attached hydrogens (primary N) is 1. The van der Waals surface area contributed by atoms with Crippen LogP contribution in [-0.4, -0.2) is 10.2 Å². The summed E-state index contributed by atoms with van der Waals surface area (Å²) in [5, 5.41) is 19.0. The molecule has 70 valence electrons. The second-order valence-corrected chi connectivity index (χ2v) is 2.94. The molecule has 0 aliphatic carbocycles. The van der Waals surface area contributed by atoms with Gasteiger partial charge in [0, 0.05) is 16.8 Å². The maximum absolute atomic E-state index is 9.50. The van der Waals surface area contributed by atoms with Crippen LogP contribution < -0.4 is 16.6 Å². The minimum atomic E-state index is -0.875. The van der Waals surface area contributed by atoms with E-state index in [9.17, 15) is 10.2 Å². The minimum Gasteiger partial charge on any atom is -0.398 e. The van der Waals surface area contributed by atoms with Gasteiger partial charge in [-0.2, -0.15) is 0 Å². The van der Waals surface area contributed by atoms with Gasteiger partial charge in [0.25, 0.3) is 0 Å². The number of hydrogen-bond acceptors (Lipinski definition) is 5. The molecule has 2 unspecified atom stereocenters. The Hall–Kier alpha value is -1.14. The zero-order valence-corrected chi connectivity index (χ0v) is 6.86. The number of aliphatic hydroxyl groups excluding tert-OH is 2. The number of fused-ring (bicyclic) bond motifs is 1. The largest absolute Gasteiger partial charge is 0.398 e. The van der Waals surface area contributed by atoms with Crippen LogP contribution in [0.3, 0.4) is 0 Å². The van der Waals surface area contributed by atoms with Crippen LogP contribution >= 0.6 is 0 Å². The summed E-state index contributed by atoms with van der Waals surface area (Å²) in [5.41, 5.74) is 12.3. The lowest BCUT2D eigenvalue weighted by atomic mass is 10.0. The van der Waals surface area contributed by atoms with E-state index in [2.05, 4.69) is 10.9 Å². The molecular weight excluding hydrogens is 170 g/mol. The lowest BCUT2D eigenvalue weighted by Gasteiger charge is -2.28. The first-order valence-corrected chi connectivity index (χ1v) is 3.95. The molecule has 0 saturated carbocycles. The van der Waals surface area contributed by atoms with Crippen molar-refractivity contribution in [1.82, 2.24) is 10.9 Å². The van der Waals surface area contributed by atoms with Crippen LogP contribution in [0, 0.1) is 0 Å². The van der Waals surface area contributed by atoms with E-state index in [1.807, 2.05) is 0 Å². The van der Waals surface area contributed by atoms with Crippen molar-refractivity contribution in [3.8, 4) is 0 Å². The van der Waals surface area contributed by atoms with Gasteiger partial charge >= 0.3 is 0 Å². The van der Waals surface area contributed by atoms with Crippen LogP contribution in [0.25, 0.3) is 0 Å². The molecule has 0 radical (unpaired) electrons. The van der Waals surface area contributed by atoms with Crippen LogP contribution in [0.2, 0.25) is 0 Å². The standard InChI is InChI=1S/C8H11N3O2/c9-5-3-1-2-4-6(5)8(13)11-10-7(4)12/h1-3,7-8,10-13H,9H2. The molecule has 1 aliphatic rings. The molecule has 0 fully saturated rings. The number of benzene rings is 1. The molecule has 6 N–H and O–H groups in total. The second kappa shape index (κ2) is 2.97. The van der Waals surface area contributed by atoms with Crippen molar-refractivity contribution in [2.45, 2.75) is 12.5 Å². The van der Waals surface area contributed by atoms with Crippen LogP contribution in [0.1, 0.15) is 23.6 Å². The first-order valence-electron chi connectivity index (χ1n) is 3.95. The fourth-order valence-electron chi connectivity index (χ4n) is 1.46. The third kappa shape index (κ3) is 1.27. The predicted molar refractivity (Wildman–Crippen MR) is 47.0 cm³/mol. The molecule has 5 heteroatoms. The van der Waals surface area contributed by atoms with Gasteiger partial charge in [-0.15, -0.1) is 0 Å². The van der Waals surface area contributed by atoms with Crippen molar-refractivity contribution >= 4 is 5.69 Å². The predicted octanol–water partition coefficient (Wildman–Crippen LogP) is -0.642. The van der Waals surface area contributed by atoms with E-state index in [4.69, 9.17) is 5.73 Å². The van der Waals surface area contributed by atoms with Gasteiger partial charge in [-0.1, -0.05) is 12.1 Å². The third-order valence-corrected chi connectivity index (χ3v) is 2.10. The molecule has 1 aromatic rings. The number of nitrogens with one attached hydrogen (secondary N) is 2. The van der Waals surface area contributed by atoms with Gasteiger partial charge in [-0.05, 0) is 6.07 Å². The zero-order valence-electron chi connectivity index (χ0n) is 6.86. The fourth-order valence-corrected chi connectivity index (χ4v) is 1.46. The quantitative estimate of drug-likeness (QED) is 0.343. The van der Waals surface area contributed by atoms with E-state index >= 15 is 0 Å². The SMILES string of the molecule is Nc1cccc2c1C(O)NNC2O. The Kier molecular flexibility index (Phi) is 1.93. The molecule has 0 saturated heterocycles. The van der Waals surface area contributed by atoms with E-state index in [1.54, 1.807) is 18.2 Å². The summed E-state index contributed by atoms with van der Waals surface area (Å²) in [7, 11) is 0. The summed E-state index contributed by atoms with van der Waals surface area (Å²) in [4.78, 5) is 0. The van der Waals surface area contributed by atoms with Crippen molar-refractivity contribution in [2.24, 2.45) is 0 Å². The average Bonchev–Trinajstić information content (AvgIpc) is 2.12. The molecule has 0 bridgehead atoms. The summed E-state index contributed by atoms with van der Waals surface area (Å²) < 4.78 is 0. The molecule has 0 amide bonds. The van der Waals surface area contributed by atoms with Crippen LogP contribution in [0.15, 0.2) is 18.2 Å². The van der Waals surface area contributed by atoms with Crippen molar-refractivity contribution in [2.75, 3.05) is 5.73 Å². The topological polar surface area (TPSA) is 90.5 Å². The minimum absolute atomic E-state index is 0.470. The Bertz CT molecular complexity index is 329. The summed E-state index contributed by atoms with van der Waals surface area (Å²) in [6.07, 6.45) is -1.71. The highest BCUT2D eigenvalue weighted by Gasteiger charge is 2.24. The summed E-state index contributed by atoms with van der Waals surface area (Å²) in [5.74, 6) is 0. The first kappa shape index (κ1) is 8.46. The zero-order chi connectivity index (χ0) is 9.42. The number of hydrazine groups is 1. The van der Waals surface area contributed by atoms with Gasteiger partial charge in [0.15, 0.2) is 0 Å². The molecule has 0 spiro atoms. The summed E-state index contributed by atoms with van der Waals surface area (Å²) in [6, 6.07) is 5.13. The molecule has 13 heavy (non-hydrogen) atoms. The number of anilines is 1. The van der Waals surface area contributed by atoms with Crippen LogP contribution in [0.4, 0.5) is 5.69 Å². The number of hydrogen-bond donors (Lipinski definition) is 5. The maximum atomic E-state index is 9.50. The lowest BCUT2D eigenvalue weighted by molar-refractivity contribution is 0.0336. The lowest BCUT2D eigenvalue weighted by Crippen LogP contribution is -2.43. The van der Waals surface area contributed by atoms with Crippen molar-refractivity contribution in [1.29, 1.82) is 0 Å². The van der Waals surface area contributed by atoms with Gasteiger partial charge in [0.1, 0.15) is 12.5 Å². The Balaban J connectivity index is 2.56. The highest BCUT2D eigenvalue weighted by molar-refractivity contribution is 5.53. The number of nitrogen functional groups attached to an aromatic ring is 1. The Morgan fingerprint density at radius 2 is 1.85 bits per heavy atom. The molecule has 2 rings (SSSR count). The van der Waals surface area contributed by atoms with E-state index < -0.39 is 12.5 Å². The Morgan fingerprint density at radius 1 is 1.15 bits per heavy atom. The van der Waals surface area contributed by atoms with Crippen molar-refractivity contribution in [3.63, 3.8) is 0 Å². The molecule has 2 atom stereocenters. The highest BCUT2D eigenvalue weighted by atomic mass is 16.3. The first-order chi connectivity index (χ1) is 6.20. The Morgan fingerprint density at radius 3 is 2.54 bits per heavy atom. The van der Waals surface area contributed by atoms with Crippen LogP contribution in [-0.2, 0) is 0 Å². The number of rotatable bonds is 0. The molecule has 0 aromatic heterocycles. The maximum Gasteiger partial charge on any atom is 0.145 e. The molecule has 5 nitrogen and oxygen atoms in total. The normalized spacial score (nSPS) is 26.9.